The first kappa shape index (κ1) is 44.0. The van der Waals surface area contributed by atoms with Crippen LogP contribution in [0.3, 0.4) is 0 Å². The van der Waals surface area contributed by atoms with Crippen molar-refractivity contribution in [3.05, 3.63) is 118 Å². The number of hydrogen-bond acceptors (Lipinski definition) is 13. The molecule has 6 heterocycles. The summed E-state index contributed by atoms with van der Waals surface area (Å²) in [4.78, 5) is 65.5. The van der Waals surface area contributed by atoms with E-state index in [0.717, 1.165) is 54.0 Å². The lowest BCUT2D eigenvalue weighted by molar-refractivity contribution is 0.00620. The first-order chi connectivity index (χ1) is 29.7. The van der Waals surface area contributed by atoms with Gasteiger partial charge in [0.15, 0.2) is 11.4 Å². The van der Waals surface area contributed by atoms with Gasteiger partial charge in [-0.05, 0) is 81.1 Å². The van der Waals surface area contributed by atoms with E-state index >= 15 is 0 Å². The fraction of sp³-hybridized carbons (Fsp3) is 0.364. The minimum absolute atomic E-state index is 0.132. The summed E-state index contributed by atoms with van der Waals surface area (Å²) in [6.07, 6.45) is 6.56. The molecular formula is C44H50N10O6S2. The van der Waals surface area contributed by atoms with Crippen LogP contribution in [0.5, 0.6) is 0 Å². The monoisotopic (exact) mass is 878 g/mol. The lowest BCUT2D eigenvalue weighted by atomic mass is 10.0. The van der Waals surface area contributed by atoms with Crippen molar-refractivity contribution >= 4 is 46.7 Å². The molecule has 62 heavy (non-hydrogen) atoms. The van der Waals surface area contributed by atoms with Gasteiger partial charge in [-0.2, -0.15) is 19.6 Å². The van der Waals surface area contributed by atoms with Gasteiger partial charge < -0.3 is 19.6 Å². The zero-order chi connectivity index (χ0) is 44.0. The second-order valence-corrected chi connectivity index (χ2v) is 18.0. The molecule has 2 aromatic carbocycles. The van der Waals surface area contributed by atoms with E-state index in [0.29, 0.717) is 26.2 Å². The molecule has 0 aliphatic carbocycles. The maximum atomic E-state index is 12.8. The molecule has 6 aromatic rings. The number of benzene rings is 2. The van der Waals surface area contributed by atoms with Crippen LogP contribution >= 0.6 is 22.7 Å². The fourth-order valence-corrected chi connectivity index (χ4v) is 8.56. The zero-order valence-electron chi connectivity index (χ0n) is 35.4. The summed E-state index contributed by atoms with van der Waals surface area (Å²) >= 11 is 3.28. The highest BCUT2D eigenvalue weighted by Gasteiger charge is 2.26. The SMILES string of the molecule is Cc1ccc(CN2CCN(C(=O)n3ccc(C(=O)O)n3)CC2)cc1-c1nccs1.Cc1ccc(CN2CCN(C(=O)n3ccc(C(=O)OC(C)(C)C)n3)CC2)cc1-c1nccs1. The number of aromatic nitrogens is 6. The van der Waals surface area contributed by atoms with E-state index in [1.165, 1.54) is 62.6 Å². The van der Waals surface area contributed by atoms with Gasteiger partial charge in [0.05, 0.1) is 0 Å². The Hall–Kier alpha value is -6.08. The quantitative estimate of drug-likeness (QED) is 0.158. The molecule has 4 aromatic heterocycles. The van der Waals surface area contributed by atoms with Gasteiger partial charge in [-0.15, -0.1) is 22.7 Å². The molecule has 324 valence electrons. The Labute approximate surface area is 368 Å². The Kier molecular flexibility index (Phi) is 13.7. The predicted molar refractivity (Wildman–Crippen MR) is 236 cm³/mol. The molecule has 0 spiro atoms. The standard InChI is InChI=1S/C24H29N5O3S.C20H21N5O3S/c1-17-5-6-18(15-19(17)21-25-8-14-33-21)16-27-10-12-28(13-11-27)23(31)29-9-7-20(26-29)22(30)32-24(2,3)4;1-14-2-3-15(12-16(14)18-21-5-11-29-18)13-23-7-9-24(10-8-23)20(28)25-6-4-17(22-25)19(26)27/h5-9,14-15H,10-13,16H2,1-4H3;2-6,11-12H,7-10,13H2,1H3,(H,26,27). The summed E-state index contributed by atoms with van der Waals surface area (Å²) in [6, 6.07) is 15.3. The van der Waals surface area contributed by atoms with Crippen LogP contribution in [0.15, 0.2) is 84.1 Å². The van der Waals surface area contributed by atoms with Gasteiger partial charge in [-0.1, -0.05) is 24.3 Å². The molecule has 2 aliphatic rings. The van der Waals surface area contributed by atoms with Crippen molar-refractivity contribution in [3.8, 4) is 21.1 Å². The van der Waals surface area contributed by atoms with Gasteiger partial charge in [0.1, 0.15) is 15.6 Å². The fourth-order valence-electron chi connectivity index (χ4n) is 7.12. The number of nitrogens with zero attached hydrogens (tertiary/aromatic N) is 10. The molecule has 0 saturated carbocycles. The van der Waals surface area contributed by atoms with Crippen LogP contribution in [0.4, 0.5) is 9.59 Å². The highest BCUT2D eigenvalue weighted by atomic mass is 32.1. The Balaban J connectivity index is 0.000000188. The van der Waals surface area contributed by atoms with Crippen LogP contribution in [0.25, 0.3) is 21.1 Å². The molecule has 0 unspecified atom stereocenters. The number of ether oxygens (including phenoxy) is 1. The largest absolute Gasteiger partial charge is 0.476 e. The molecule has 2 aliphatic heterocycles. The van der Waals surface area contributed by atoms with Crippen molar-refractivity contribution in [2.75, 3.05) is 52.4 Å². The predicted octanol–water partition coefficient (Wildman–Crippen LogP) is 6.86. The number of hydrogen-bond donors (Lipinski definition) is 1. The second-order valence-electron chi connectivity index (χ2n) is 16.2. The lowest BCUT2D eigenvalue weighted by Crippen LogP contribution is -2.49. The number of amides is 2. The number of carbonyl (C=O) groups excluding carboxylic acids is 3. The molecule has 0 bridgehead atoms. The maximum absolute atomic E-state index is 12.8. The number of rotatable bonds is 8. The van der Waals surface area contributed by atoms with Crippen LogP contribution in [0.1, 0.15) is 64.0 Å². The lowest BCUT2D eigenvalue weighted by Gasteiger charge is -2.34. The van der Waals surface area contributed by atoms with Gasteiger partial charge in [0.25, 0.3) is 0 Å². The number of thiazole rings is 2. The molecule has 18 heteroatoms. The Morgan fingerprint density at radius 1 is 0.645 bits per heavy atom. The zero-order valence-corrected chi connectivity index (χ0v) is 37.1. The molecule has 2 amide bonds. The first-order valence-corrected chi connectivity index (χ1v) is 22.1. The van der Waals surface area contributed by atoms with Crippen molar-refractivity contribution < 1.29 is 29.0 Å². The Morgan fingerprint density at radius 3 is 1.47 bits per heavy atom. The van der Waals surface area contributed by atoms with Crippen LogP contribution in [0, 0.1) is 13.8 Å². The summed E-state index contributed by atoms with van der Waals surface area (Å²) in [6.45, 7) is 16.6. The first-order valence-electron chi connectivity index (χ1n) is 20.3. The van der Waals surface area contributed by atoms with Gasteiger partial charge in [-0.3, -0.25) is 9.80 Å². The number of carbonyl (C=O) groups is 4. The van der Waals surface area contributed by atoms with Crippen LogP contribution in [0.2, 0.25) is 0 Å². The van der Waals surface area contributed by atoms with Crippen molar-refractivity contribution in [1.29, 1.82) is 0 Å². The summed E-state index contributed by atoms with van der Waals surface area (Å²) in [5.41, 5.74) is 6.61. The van der Waals surface area contributed by atoms with Gasteiger partial charge in [-0.25, -0.2) is 29.1 Å². The molecule has 1 N–H and O–H groups in total. The van der Waals surface area contributed by atoms with Crippen LogP contribution in [-0.4, -0.2) is 136 Å². The summed E-state index contributed by atoms with van der Waals surface area (Å²) in [7, 11) is 0. The third-order valence-corrected chi connectivity index (χ3v) is 12.0. The third-order valence-electron chi connectivity index (χ3n) is 10.4. The van der Waals surface area contributed by atoms with E-state index in [-0.39, 0.29) is 23.5 Å². The van der Waals surface area contributed by atoms with Crippen molar-refractivity contribution in [2.24, 2.45) is 0 Å². The van der Waals surface area contributed by atoms with Gasteiger partial charge in [0, 0.05) is 112 Å². The third kappa shape index (κ3) is 11.0. The average Bonchev–Trinajstić information content (AvgIpc) is 4.11. The minimum atomic E-state index is -1.14. The number of piperazine rings is 2. The average molecular weight is 879 g/mol. The molecule has 0 atom stereocenters. The van der Waals surface area contributed by atoms with E-state index in [1.807, 2.05) is 23.2 Å². The second kappa shape index (κ2) is 19.3. The topological polar surface area (TPSA) is 172 Å². The Bertz CT molecular complexity index is 2490. The van der Waals surface area contributed by atoms with E-state index in [4.69, 9.17) is 9.84 Å². The molecular weight excluding hydrogens is 829 g/mol. The molecule has 0 radical (unpaired) electrons. The minimum Gasteiger partial charge on any atom is -0.476 e. The molecule has 16 nitrogen and oxygen atoms in total. The molecule has 8 rings (SSSR count). The van der Waals surface area contributed by atoms with Gasteiger partial charge in [0.2, 0.25) is 0 Å². The summed E-state index contributed by atoms with van der Waals surface area (Å²) in [5.74, 6) is -1.68. The normalized spacial score (nSPS) is 14.9. The number of aryl methyl sites for hydroxylation is 2. The summed E-state index contributed by atoms with van der Waals surface area (Å²) in [5, 5.41) is 22.9. The smallest absolute Gasteiger partial charge is 0.359 e. The van der Waals surface area contributed by atoms with E-state index in [2.05, 4.69) is 80.2 Å². The highest BCUT2D eigenvalue weighted by Crippen LogP contribution is 2.28. The van der Waals surface area contributed by atoms with Gasteiger partial charge >= 0.3 is 24.0 Å². The maximum Gasteiger partial charge on any atom is 0.359 e. The highest BCUT2D eigenvalue weighted by molar-refractivity contribution is 7.13. The molecule has 2 fully saturated rings. The molecule has 2 saturated heterocycles. The summed E-state index contributed by atoms with van der Waals surface area (Å²) < 4.78 is 7.64. The number of carboxylic acids is 1. The number of carboxylic acid groups (broad SMARTS) is 1. The number of esters is 1. The van der Waals surface area contributed by atoms with E-state index in [1.54, 1.807) is 53.2 Å². The van der Waals surface area contributed by atoms with E-state index in [9.17, 15) is 19.2 Å². The van der Waals surface area contributed by atoms with E-state index < -0.39 is 17.5 Å². The van der Waals surface area contributed by atoms with Crippen molar-refractivity contribution in [2.45, 2.75) is 53.3 Å². The van der Waals surface area contributed by atoms with Crippen LogP contribution in [-0.2, 0) is 17.8 Å². The van der Waals surface area contributed by atoms with Crippen molar-refractivity contribution in [3.63, 3.8) is 0 Å². The van der Waals surface area contributed by atoms with Crippen molar-refractivity contribution in [1.82, 2.24) is 49.1 Å². The Morgan fingerprint density at radius 2 is 1.08 bits per heavy atom. The van der Waals surface area contributed by atoms with Crippen LogP contribution < -0.4 is 0 Å². The number of aromatic carboxylic acids is 1.